The van der Waals surface area contributed by atoms with Crippen LogP contribution in [0.25, 0.3) is 0 Å². The van der Waals surface area contributed by atoms with Crippen LogP contribution in [-0.2, 0) is 6.42 Å². The molecule has 0 saturated heterocycles. The van der Waals surface area contributed by atoms with Crippen LogP contribution in [0, 0.1) is 5.41 Å². The molecule has 2 aromatic carbocycles. The number of ether oxygens (including phenoxy) is 1. The quantitative estimate of drug-likeness (QED) is 0.591. The van der Waals surface area contributed by atoms with E-state index in [9.17, 15) is 0 Å². The number of halogens is 3. The summed E-state index contributed by atoms with van der Waals surface area (Å²) < 4.78 is 8.29. The fraction of sp³-hybridized carbons (Fsp3) is 0.133. The van der Waals surface area contributed by atoms with Crippen molar-refractivity contribution in [3.8, 4) is 5.75 Å². The summed E-state index contributed by atoms with van der Waals surface area (Å²) in [4.78, 5) is 0. The van der Waals surface area contributed by atoms with Crippen molar-refractivity contribution in [1.29, 1.82) is 5.41 Å². The summed E-state index contributed by atoms with van der Waals surface area (Å²) in [5.41, 5.74) is 2.39. The number of benzene rings is 2. The number of methoxy groups -OCH3 is 1. The van der Waals surface area contributed by atoms with Crippen LogP contribution in [-0.4, -0.2) is 12.8 Å². The van der Waals surface area contributed by atoms with Crippen molar-refractivity contribution in [2.24, 2.45) is 0 Å². The maximum absolute atomic E-state index is 8.32. The Morgan fingerprint density at radius 3 is 2.40 bits per heavy atom. The lowest BCUT2D eigenvalue weighted by atomic mass is 10.0. The van der Waals surface area contributed by atoms with Gasteiger partial charge in [-0.05, 0) is 42.0 Å². The Morgan fingerprint density at radius 2 is 1.70 bits per heavy atom. The van der Waals surface area contributed by atoms with Gasteiger partial charge in [-0.25, -0.2) is 0 Å². The van der Waals surface area contributed by atoms with Crippen LogP contribution in [0.1, 0.15) is 11.1 Å². The lowest BCUT2D eigenvalue weighted by Gasteiger charge is -2.11. The fourth-order valence-corrected chi connectivity index (χ4v) is 3.01. The van der Waals surface area contributed by atoms with E-state index in [4.69, 9.17) is 10.1 Å². The topological polar surface area (TPSA) is 33.1 Å². The molecule has 0 atom stereocenters. The van der Waals surface area contributed by atoms with Gasteiger partial charge in [0.2, 0.25) is 0 Å². The van der Waals surface area contributed by atoms with Crippen molar-refractivity contribution in [3.05, 3.63) is 60.9 Å². The average molecular weight is 462 g/mol. The van der Waals surface area contributed by atoms with Crippen molar-refractivity contribution in [2.45, 2.75) is 6.42 Å². The largest absolute Gasteiger partial charge is 0.496 e. The molecule has 0 radical (unpaired) electrons. The van der Waals surface area contributed by atoms with Crippen molar-refractivity contribution >= 4 is 53.5 Å². The van der Waals surface area contributed by atoms with Gasteiger partial charge in [-0.1, -0.05) is 47.8 Å². The molecule has 1 N–H and O–H groups in total. The van der Waals surface area contributed by atoms with E-state index in [0.717, 1.165) is 24.5 Å². The van der Waals surface area contributed by atoms with Gasteiger partial charge in [0.25, 0.3) is 0 Å². The minimum atomic E-state index is 0.521. The highest BCUT2D eigenvalue weighted by molar-refractivity contribution is 9.11. The van der Waals surface area contributed by atoms with E-state index in [-0.39, 0.29) is 0 Å². The van der Waals surface area contributed by atoms with Gasteiger partial charge < -0.3 is 10.1 Å². The molecule has 20 heavy (non-hydrogen) atoms. The summed E-state index contributed by atoms with van der Waals surface area (Å²) in [5.74, 6) is 0.704. The van der Waals surface area contributed by atoms with Crippen LogP contribution in [0.2, 0.25) is 0 Å². The first-order chi connectivity index (χ1) is 9.51. The monoisotopic (exact) mass is 459 g/mol. The Bertz CT molecular complexity index is 656. The van der Waals surface area contributed by atoms with Gasteiger partial charge in [0.1, 0.15) is 5.75 Å². The van der Waals surface area contributed by atoms with Crippen LogP contribution in [0.4, 0.5) is 0 Å². The number of nitrogens with one attached hydrogen (secondary N) is 1. The highest BCUT2D eigenvalue weighted by Crippen LogP contribution is 2.27. The van der Waals surface area contributed by atoms with Crippen molar-refractivity contribution in [3.63, 3.8) is 0 Å². The fourth-order valence-electron chi connectivity index (χ4n) is 1.88. The average Bonchev–Trinajstić information content (AvgIpc) is 2.42. The molecule has 0 bridgehead atoms. The van der Waals surface area contributed by atoms with Gasteiger partial charge >= 0.3 is 0 Å². The second-order valence-electron chi connectivity index (χ2n) is 4.24. The van der Waals surface area contributed by atoms with E-state index in [1.165, 1.54) is 0 Å². The molecule has 104 valence electrons. The number of rotatable bonds is 4. The Balaban J connectivity index is 2.30. The van der Waals surface area contributed by atoms with Gasteiger partial charge in [-0.3, -0.25) is 0 Å². The maximum atomic E-state index is 8.32. The van der Waals surface area contributed by atoms with E-state index < -0.39 is 0 Å². The molecule has 0 unspecified atom stereocenters. The highest BCUT2D eigenvalue weighted by atomic mass is 79.9. The first-order valence-corrected chi connectivity index (χ1v) is 8.24. The first kappa shape index (κ1) is 15.7. The summed E-state index contributed by atoms with van der Waals surface area (Å²) in [5, 5.41) is 8.32. The maximum Gasteiger partial charge on any atom is 0.129 e. The third-order valence-corrected chi connectivity index (χ3v) is 4.62. The van der Waals surface area contributed by atoms with Crippen LogP contribution in [0.5, 0.6) is 5.75 Å². The van der Waals surface area contributed by atoms with Crippen molar-refractivity contribution in [2.75, 3.05) is 7.11 Å². The first-order valence-electron chi connectivity index (χ1n) is 5.86. The summed E-state index contributed by atoms with van der Waals surface area (Å²) in [6.07, 6.45) is 0.540. The lowest BCUT2D eigenvalue weighted by Crippen LogP contribution is -2.06. The molecule has 0 amide bonds. The third-order valence-electron chi connectivity index (χ3n) is 2.86. The van der Waals surface area contributed by atoms with Gasteiger partial charge in [-0.15, -0.1) is 0 Å². The molecule has 0 aliphatic rings. The molecular weight excluding hydrogens is 450 g/mol. The van der Waals surface area contributed by atoms with Crippen molar-refractivity contribution in [1.82, 2.24) is 0 Å². The molecule has 5 heteroatoms. The summed E-state index contributed by atoms with van der Waals surface area (Å²) in [6, 6.07) is 11.7. The molecule has 2 rings (SSSR count). The predicted molar refractivity (Wildman–Crippen MR) is 93.1 cm³/mol. The summed E-state index contributed by atoms with van der Waals surface area (Å²) >= 11 is 10.4. The van der Waals surface area contributed by atoms with Crippen LogP contribution in [0.15, 0.2) is 49.8 Å². The van der Waals surface area contributed by atoms with E-state index in [1.807, 2.05) is 36.4 Å². The number of hydrogen-bond acceptors (Lipinski definition) is 2. The van der Waals surface area contributed by atoms with Gasteiger partial charge in [-0.2, -0.15) is 0 Å². The Morgan fingerprint density at radius 1 is 1.05 bits per heavy atom. The van der Waals surface area contributed by atoms with Gasteiger partial charge in [0.05, 0.1) is 7.11 Å². The van der Waals surface area contributed by atoms with E-state index in [1.54, 1.807) is 7.11 Å². The molecule has 0 saturated carbocycles. The zero-order chi connectivity index (χ0) is 14.7. The molecule has 2 aromatic rings. The standard InChI is InChI=1S/C15H12Br3NO/c1-20-15-8-11(17)2-4-12(15)14(19)7-9-6-10(16)3-5-13(9)18/h2-6,8,19H,7H2,1H3. The second kappa shape index (κ2) is 6.87. The Kier molecular flexibility index (Phi) is 5.41. The smallest absolute Gasteiger partial charge is 0.129 e. The third kappa shape index (κ3) is 3.71. The van der Waals surface area contributed by atoms with Gasteiger partial charge in [0, 0.05) is 31.1 Å². The normalized spacial score (nSPS) is 10.4. The lowest BCUT2D eigenvalue weighted by molar-refractivity contribution is 0.413. The second-order valence-corrected chi connectivity index (χ2v) is 6.92. The zero-order valence-electron chi connectivity index (χ0n) is 10.7. The SMILES string of the molecule is COc1cc(Br)ccc1C(=N)Cc1cc(Br)ccc1Br. The zero-order valence-corrected chi connectivity index (χ0v) is 15.5. The van der Waals surface area contributed by atoms with E-state index >= 15 is 0 Å². The predicted octanol–water partition coefficient (Wildman–Crippen LogP) is 5.59. The molecule has 0 aliphatic heterocycles. The molecule has 0 fully saturated rings. The minimum absolute atomic E-state index is 0.521. The molecule has 2 nitrogen and oxygen atoms in total. The molecule has 0 heterocycles. The molecule has 0 spiro atoms. The minimum Gasteiger partial charge on any atom is -0.496 e. The van der Waals surface area contributed by atoms with E-state index in [0.29, 0.717) is 17.9 Å². The Labute approximate surface area is 143 Å². The van der Waals surface area contributed by atoms with Gasteiger partial charge in [0.15, 0.2) is 0 Å². The van der Waals surface area contributed by atoms with Crippen LogP contribution < -0.4 is 4.74 Å². The highest BCUT2D eigenvalue weighted by Gasteiger charge is 2.11. The molecule has 0 aliphatic carbocycles. The Hall–Kier alpha value is -0.650. The number of hydrogen-bond donors (Lipinski definition) is 1. The van der Waals surface area contributed by atoms with Crippen molar-refractivity contribution < 1.29 is 4.74 Å². The van der Waals surface area contributed by atoms with Crippen LogP contribution in [0.3, 0.4) is 0 Å². The summed E-state index contributed by atoms with van der Waals surface area (Å²) in [7, 11) is 1.62. The summed E-state index contributed by atoms with van der Waals surface area (Å²) in [6.45, 7) is 0. The molecular formula is C15H12Br3NO. The molecule has 0 aromatic heterocycles. The van der Waals surface area contributed by atoms with E-state index in [2.05, 4.69) is 47.8 Å². The van der Waals surface area contributed by atoms with Crippen LogP contribution >= 0.6 is 47.8 Å².